The van der Waals surface area contributed by atoms with Crippen molar-refractivity contribution in [2.75, 3.05) is 32.8 Å². The lowest BCUT2D eigenvalue weighted by molar-refractivity contribution is 0.0203. The summed E-state index contributed by atoms with van der Waals surface area (Å²) < 4.78 is 9.17. The number of nitrogens with zero attached hydrogens (tertiary/aromatic N) is 3. The first kappa shape index (κ1) is 11.9. The van der Waals surface area contributed by atoms with Gasteiger partial charge in [0.1, 0.15) is 0 Å². The van der Waals surface area contributed by atoms with Crippen LogP contribution < -0.4 is 5.32 Å². The van der Waals surface area contributed by atoms with Crippen LogP contribution in [0.25, 0.3) is 0 Å². The number of aromatic nitrogens is 2. The van der Waals surface area contributed by atoms with Gasteiger partial charge >= 0.3 is 0 Å². The summed E-state index contributed by atoms with van der Waals surface area (Å²) in [4.78, 5) is 2.45. The first-order valence-corrected chi connectivity index (χ1v) is 6.48. The van der Waals surface area contributed by atoms with Crippen molar-refractivity contribution in [1.29, 1.82) is 0 Å². The van der Waals surface area contributed by atoms with Gasteiger partial charge in [-0.05, 0) is 18.5 Å². The molecule has 0 radical (unpaired) electrons. The third-order valence-electron chi connectivity index (χ3n) is 2.82. The zero-order chi connectivity index (χ0) is 11.2. The van der Waals surface area contributed by atoms with Crippen LogP contribution in [0.2, 0.25) is 0 Å². The fourth-order valence-electron chi connectivity index (χ4n) is 1.82. The third-order valence-corrected chi connectivity index (χ3v) is 3.37. The molecule has 1 aliphatic heterocycles. The van der Waals surface area contributed by atoms with E-state index in [1.54, 1.807) is 0 Å². The first-order chi connectivity index (χ1) is 7.86. The quantitative estimate of drug-likeness (QED) is 0.807. The lowest BCUT2D eigenvalue weighted by atomic mass is 10.2. The third kappa shape index (κ3) is 3.48. The number of hydrogen-bond donors (Lipinski definition) is 1. The highest BCUT2D eigenvalue weighted by Crippen LogP contribution is 2.03. The largest absolute Gasteiger partial charge is 0.379 e. The zero-order valence-corrected chi connectivity index (χ0v) is 10.4. The molecule has 6 heteroatoms. The lowest BCUT2D eigenvalue weighted by Gasteiger charge is -2.32. The second-order valence-corrected chi connectivity index (χ2v) is 4.63. The van der Waals surface area contributed by atoms with Crippen LogP contribution in [-0.2, 0) is 11.3 Å². The molecule has 0 bridgehead atoms. The summed E-state index contributed by atoms with van der Waals surface area (Å²) in [5.41, 5.74) is 1.03. The normalized spacial score (nSPS) is 19.8. The standard InChI is InChI=1S/C10H18N4OS/c1-9(14-2-4-15-5-3-14)6-11-7-10-8-16-13-12-10/h8-9,11H,2-7H2,1H3. The van der Waals surface area contributed by atoms with Crippen LogP contribution in [0.5, 0.6) is 0 Å². The second kappa shape index (κ2) is 6.24. The van der Waals surface area contributed by atoms with Gasteiger partial charge in [0.05, 0.1) is 18.9 Å². The molecule has 1 aromatic heterocycles. The Balaban J connectivity index is 1.65. The molecule has 0 spiro atoms. The van der Waals surface area contributed by atoms with Crippen LogP contribution in [0.3, 0.4) is 0 Å². The molecule has 90 valence electrons. The maximum absolute atomic E-state index is 5.33. The summed E-state index contributed by atoms with van der Waals surface area (Å²) in [6.45, 7) is 7.85. The monoisotopic (exact) mass is 242 g/mol. The van der Waals surface area contributed by atoms with Gasteiger partial charge in [0, 0.05) is 37.6 Å². The summed E-state index contributed by atoms with van der Waals surface area (Å²) in [7, 11) is 0. The van der Waals surface area contributed by atoms with E-state index in [2.05, 4.69) is 26.7 Å². The topological polar surface area (TPSA) is 50.3 Å². The predicted octanol–water partition coefficient (Wildman–Crippen LogP) is 0.348. The van der Waals surface area contributed by atoms with Crippen LogP contribution >= 0.6 is 11.5 Å². The average Bonchev–Trinajstić information content (AvgIpc) is 2.83. The highest BCUT2D eigenvalue weighted by atomic mass is 32.1. The van der Waals surface area contributed by atoms with E-state index in [1.165, 1.54) is 11.5 Å². The molecule has 1 fully saturated rings. The summed E-state index contributed by atoms with van der Waals surface area (Å²) in [6, 6.07) is 0.551. The average molecular weight is 242 g/mol. The summed E-state index contributed by atoms with van der Waals surface area (Å²) in [5.74, 6) is 0. The fraction of sp³-hybridized carbons (Fsp3) is 0.800. The van der Waals surface area contributed by atoms with Gasteiger partial charge in [-0.2, -0.15) is 0 Å². The highest BCUT2D eigenvalue weighted by Gasteiger charge is 2.16. The van der Waals surface area contributed by atoms with E-state index in [0.29, 0.717) is 6.04 Å². The molecule has 2 heterocycles. The van der Waals surface area contributed by atoms with Gasteiger partial charge in [-0.1, -0.05) is 4.49 Å². The second-order valence-electron chi connectivity index (χ2n) is 4.02. The Morgan fingerprint density at radius 3 is 3.06 bits per heavy atom. The van der Waals surface area contributed by atoms with Gasteiger partial charge in [-0.25, -0.2) is 0 Å². The maximum Gasteiger partial charge on any atom is 0.0893 e. The Kier molecular flexibility index (Phi) is 4.65. The predicted molar refractivity (Wildman–Crippen MR) is 63.5 cm³/mol. The van der Waals surface area contributed by atoms with Gasteiger partial charge in [-0.15, -0.1) is 5.10 Å². The Bertz CT molecular complexity index is 287. The SMILES string of the molecule is CC(CNCc1csnn1)N1CCOCC1. The summed E-state index contributed by atoms with van der Waals surface area (Å²) >= 11 is 1.40. The summed E-state index contributed by atoms with van der Waals surface area (Å²) in [5, 5.41) is 9.38. The molecule has 1 saturated heterocycles. The van der Waals surface area contributed by atoms with Crippen molar-refractivity contribution in [2.45, 2.75) is 19.5 Å². The fourth-order valence-corrected chi connectivity index (χ4v) is 2.27. The Labute approximate surface area is 100.0 Å². The lowest BCUT2D eigenvalue weighted by Crippen LogP contribution is -2.46. The molecule has 1 N–H and O–H groups in total. The van der Waals surface area contributed by atoms with Crippen molar-refractivity contribution in [3.8, 4) is 0 Å². The number of hydrogen-bond acceptors (Lipinski definition) is 6. The van der Waals surface area contributed by atoms with Gasteiger partial charge in [-0.3, -0.25) is 4.90 Å². The molecule has 0 saturated carbocycles. The van der Waals surface area contributed by atoms with Crippen LogP contribution in [0.4, 0.5) is 0 Å². The molecule has 1 atom stereocenters. The van der Waals surface area contributed by atoms with Crippen LogP contribution in [0.15, 0.2) is 5.38 Å². The van der Waals surface area contributed by atoms with E-state index in [-0.39, 0.29) is 0 Å². The minimum Gasteiger partial charge on any atom is -0.379 e. The molecule has 1 aliphatic rings. The van der Waals surface area contributed by atoms with Crippen molar-refractivity contribution in [3.05, 3.63) is 11.1 Å². The Morgan fingerprint density at radius 2 is 2.38 bits per heavy atom. The molecule has 2 rings (SSSR count). The van der Waals surface area contributed by atoms with Crippen molar-refractivity contribution < 1.29 is 4.74 Å². The molecular formula is C10H18N4OS. The number of morpholine rings is 1. The molecule has 0 aliphatic carbocycles. The van der Waals surface area contributed by atoms with E-state index >= 15 is 0 Å². The van der Waals surface area contributed by atoms with Crippen molar-refractivity contribution in [2.24, 2.45) is 0 Å². The van der Waals surface area contributed by atoms with Crippen LogP contribution in [0, 0.1) is 0 Å². The molecule has 1 unspecified atom stereocenters. The Morgan fingerprint density at radius 1 is 1.56 bits per heavy atom. The highest BCUT2D eigenvalue weighted by molar-refractivity contribution is 7.03. The van der Waals surface area contributed by atoms with E-state index in [0.717, 1.165) is 45.1 Å². The molecule has 5 nitrogen and oxygen atoms in total. The van der Waals surface area contributed by atoms with Crippen molar-refractivity contribution in [3.63, 3.8) is 0 Å². The van der Waals surface area contributed by atoms with E-state index in [1.807, 2.05) is 5.38 Å². The maximum atomic E-state index is 5.33. The van der Waals surface area contributed by atoms with Gasteiger partial charge < -0.3 is 10.1 Å². The van der Waals surface area contributed by atoms with E-state index < -0.39 is 0 Å². The smallest absolute Gasteiger partial charge is 0.0893 e. The molecule has 1 aromatic rings. The van der Waals surface area contributed by atoms with Gasteiger partial charge in [0.2, 0.25) is 0 Å². The van der Waals surface area contributed by atoms with Crippen LogP contribution in [-0.4, -0.2) is 53.4 Å². The minimum absolute atomic E-state index is 0.551. The number of rotatable bonds is 5. The molecule has 0 aromatic carbocycles. The zero-order valence-electron chi connectivity index (χ0n) is 9.56. The molecule has 16 heavy (non-hydrogen) atoms. The molecule has 0 amide bonds. The first-order valence-electron chi connectivity index (χ1n) is 5.64. The number of ether oxygens (including phenoxy) is 1. The van der Waals surface area contributed by atoms with Crippen molar-refractivity contribution in [1.82, 2.24) is 19.8 Å². The van der Waals surface area contributed by atoms with Crippen LogP contribution in [0.1, 0.15) is 12.6 Å². The van der Waals surface area contributed by atoms with Crippen molar-refractivity contribution >= 4 is 11.5 Å². The molecular weight excluding hydrogens is 224 g/mol. The van der Waals surface area contributed by atoms with E-state index in [9.17, 15) is 0 Å². The summed E-state index contributed by atoms with van der Waals surface area (Å²) in [6.07, 6.45) is 0. The Hall–Kier alpha value is -0.560. The van der Waals surface area contributed by atoms with Gasteiger partial charge in [0.15, 0.2) is 0 Å². The minimum atomic E-state index is 0.551. The van der Waals surface area contributed by atoms with E-state index in [4.69, 9.17) is 4.74 Å². The van der Waals surface area contributed by atoms with Gasteiger partial charge in [0.25, 0.3) is 0 Å². The number of nitrogens with one attached hydrogen (secondary N) is 1.